The van der Waals surface area contributed by atoms with Gasteiger partial charge in [-0.05, 0) is 118 Å². The van der Waals surface area contributed by atoms with E-state index >= 15 is 0 Å². The molecule has 2 aliphatic carbocycles. The van der Waals surface area contributed by atoms with Crippen LogP contribution in [0.15, 0.2) is 61.2 Å². The van der Waals surface area contributed by atoms with Crippen LogP contribution in [-0.2, 0) is 19.1 Å². The van der Waals surface area contributed by atoms with E-state index in [4.69, 9.17) is 50.6 Å². The van der Waals surface area contributed by atoms with Crippen LogP contribution in [0.4, 0.5) is 32.6 Å². The van der Waals surface area contributed by atoms with Crippen LogP contribution in [0, 0.1) is 39.9 Å². The molecule has 448 valence electrons. The lowest BCUT2D eigenvalue weighted by atomic mass is 9.94. The molecule has 12 rings (SSSR count). The summed E-state index contributed by atoms with van der Waals surface area (Å²) in [5.41, 5.74) is 14.7. The molecule has 4 aliphatic heterocycles. The topological polar surface area (TPSA) is 362 Å². The third-order valence-corrected chi connectivity index (χ3v) is 16.2. The molecule has 2 aromatic carbocycles. The van der Waals surface area contributed by atoms with Crippen LogP contribution in [0.3, 0.4) is 0 Å². The Morgan fingerprint density at radius 3 is 1.47 bits per heavy atom. The largest absolute Gasteiger partial charge is 0.387 e. The molecule has 6 aromatic rings. The number of fused-ring (bicyclic) bond motifs is 2. The van der Waals surface area contributed by atoms with Crippen LogP contribution in [0.1, 0.15) is 82.5 Å². The maximum Gasteiger partial charge on any atom is 0.321 e. The highest BCUT2D eigenvalue weighted by atomic mass is 127. The van der Waals surface area contributed by atoms with Gasteiger partial charge in [-0.2, -0.15) is 0 Å². The van der Waals surface area contributed by atoms with Crippen molar-refractivity contribution in [2.45, 2.75) is 125 Å². The number of ether oxygens (including phenoxy) is 2. The number of nitrogens with two attached hydrogens (primary N) is 2. The SMILES string of the molecule is C#CCC1CCN(C(=O)Nc2ccc(Cl)cc2)CC1.Nc1nc(C#CCC2CCN(C(=O)Nc3ccc(Cl)cc3)CC2)nc2c1ncn2[C@@H]1O[C@H](C(=O)NC2CC2)C(O)[C@@H]1O.Nc1nc(I)nc2c1ncn2[C@@H]1O[C@H](C(=O)NC2CC2)C(O)[C@@H]1O. The molecule has 2 saturated carbocycles. The van der Waals surface area contributed by atoms with Crippen LogP contribution < -0.4 is 32.7 Å². The second-order valence-corrected chi connectivity index (χ2v) is 23.4. The average molecular weight is 1320 g/mol. The number of piperidine rings is 2. The fourth-order valence-electron chi connectivity index (χ4n) is 10.1. The van der Waals surface area contributed by atoms with Gasteiger partial charge in [0.05, 0.1) is 12.7 Å². The quantitative estimate of drug-likeness (QED) is 0.0523. The number of aliphatic hydroxyl groups excluding tert-OH is 4. The van der Waals surface area contributed by atoms with Gasteiger partial charge in [-0.15, -0.1) is 12.3 Å². The summed E-state index contributed by atoms with van der Waals surface area (Å²) in [6.07, 6.45) is 6.78. The number of hydrogen-bond acceptors (Lipinski definition) is 18. The maximum absolute atomic E-state index is 12.6. The lowest BCUT2D eigenvalue weighted by Crippen LogP contribution is -2.43. The minimum Gasteiger partial charge on any atom is -0.387 e. The number of nitrogens with one attached hydrogen (secondary N) is 4. The summed E-state index contributed by atoms with van der Waals surface area (Å²) in [4.78, 5) is 78.3. The number of likely N-dealkylation sites (tertiary alicyclic amines) is 2. The molecule has 85 heavy (non-hydrogen) atoms. The fraction of sp³-hybridized carbons (Fsp3) is 0.464. The van der Waals surface area contributed by atoms with Crippen LogP contribution in [0.2, 0.25) is 10.0 Å². The van der Waals surface area contributed by atoms with E-state index in [1.165, 1.54) is 21.8 Å². The van der Waals surface area contributed by atoms with Crippen molar-refractivity contribution < 1.29 is 49.1 Å². The number of nitrogen functional groups attached to an aromatic ring is 2. The Morgan fingerprint density at radius 1 is 0.612 bits per heavy atom. The van der Waals surface area contributed by atoms with E-state index in [-0.39, 0.29) is 47.3 Å². The minimum absolute atomic E-state index is 0.0542. The van der Waals surface area contributed by atoms with Crippen LogP contribution >= 0.6 is 45.8 Å². The highest BCUT2D eigenvalue weighted by Crippen LogP contribution is 2.35. The van der Waals surface area contributed by atoms with Gasteiger partial charge in [-0.3, -0.25) is 18.7 Å². The van der Waals surface area contributed by atoms with Gasteiger partial charge in [-0.25, -0.2) is 39.5 Å². The molecule has 8 atom stereocenters. The maximum atomic E-state index is 12.6. The monoisotopic (exact) mass is 1320 g/mol. The van der Waals surface area contributed by atoms with Crippen molar-refractivity contribution in [3.05, 3.63) is 80.9 Å². The third kappa shape index (κ3) is 14.9. The molecule has 8 heterocycles. The first kappa shape index (κ1) is 60.9. The molecule has 0 radical (unpaired) electrons. The molecule has 0 spiro atoms. The molecule has 29 heteroatoms. The predicted octanol–water partition coefficient (Wildman–Crippen LogP) is 4.16. The molecule has 12 N–H and O–H groups in total. The smallest absolute Gasteiger partial charge is 0.321 e. The van der Waals surface area contributed by atoms with Gasteiger partial charge in [0, 0.05) is 95.1 Å². The molecular weight excluding hydrogens is 1250 g/mol. The number of aromatic nitrogens is 8. The van der Waals surface area contributed by atoms with E-state index in [9.17, 15) is 39.6 Å². The molecule has 26 nitrogen and oxygen atoms in total. The first-order valence-electron chi connectivity index (χ1n) is 27.8. The zero-order chi connectivity index (χ0) is 60.1. The number of rotatable bonds is 10. The van der Waals surface area contributed by atoms with Crippen molar-refractivity contribution in [1.29, 1.82) is 0 Å². The Kier molecular flexibility index (Phi) is 19.4. The van der Waals surface area contributed by atoms with Gasteiger partial charge in [0.2, 0.25) is 5.82 Å². The average Bonchev–Trinajstić information content (AvgIpc) is 2.29. The molecule has 6 aliphatic rings. The third-order valence-electron chi connectivity index (χ3n) is 15.3. The zero-order valence-corrected chi connectivity index (χ0v) is 49.3. The first-order chi connectivity index (χ1) is 40.9. The number of terminal acetylenes is 1. The number of aliphatic hydroxyl groups is 4. The number of halogens is 3. The summed E-state index contributed by atoms with van der Waals surface area (Å²) in [6, 6.07) is 14.1. The summed E-state index contributed by atoms with van der Waals surface area (Å²) >= 11 is 13.6. The van der Waals surface area contributed by atoms with E-state index in [1.54, 1.807) is 53.4 Å². The summed E-state index contributed by atoms with van der Waals surface area (Å²) < 4.78 is 14.7. The molecule has 6 amide bonds. The highest BCUT2D eigenvalue weighted by Gasteiger charge is 2.50. The highest BCUT2D eigenvalue weighted by molar-refractivity contribution is 14.1. The van der Waals surface area contributed by atoms with Crippen molar-refractivity contribution >= 4 is 115 Å². The summed E-state index contributed by atoms with van der Waals surface area (Å²) in [5, 5.41) is 54.3. The van der Waals surface area contributed by atoms with E-state index in [0.717, 1.165) is 76.6 Å². The Morgan fingerprint density at radius 2 is 1.04 bits per heavy atom. The molecule has 0 bridgehead atoms. The first-order valence-corrected chi connectivity index (χ1v) is 29.6. The molecule has 4 saturated heterocycles. The summed E-state index contributed by atoms with van der Waals surface area (Å²) in [5.74, 6) is 9.26. The molecule has 2 unspecified atom stereocenters. The zero-order valence-electron chi connectivity index (χ0n) is 45.7. The predicted molar refractivity (Wildman–Crippen MR) is 321 cm³/mol. The van der Waals surface area contributed by atoms with Crippen LogP contribution in [-0.4, -0.2) is 168 Å². The molecular formula is C56H63Cl2IN16O10. The standard InChI is InChI=1S/C28H31ClN8O5.C15H17ClN2O.C13H15IN6O4/c29-16-4-6-18(7-5-16)33-28(41)36-12-10-15(11-13-36)2-1-3-19-34-24(30)20-25(35-19)37(14-31-20)27-22(39)21(38)23(42-27)26(40)32-17-8-9-17;1-2-3-12-8-10-18(11-9-12)15(19)17-14-6-4-13(16)5-7-14;14-13-18-9(15)5-10(19-13)20(3-16-5)12-7(22)6(21)8(24-12)11(23)17-4-1-2-4/h4-7,14-15,17,21-23,27,38-39H,2,8-13H2,(H,32,40)(H,33,41)(H2,30,34,35);1,4-7,12H,3,8-11H2,(H,17,19);3-4,6-8,12,21-22H,1-2H2,(H,17,23)(H2,15,18,19)/t21?,22-,23-,27+;;6?,7-,8-,12+/m0.0/s1. The van der Waals surface area contributed by atoms with Crippen molar-refractivity contribution in [2.75, 3.05) is 48.3 Å². The number of carbonyl (C=O) groups excluding carboxylic acids is 4. The van der Waals surface area contributed by atoms with Gasteiger partial charge >= 0.3 is 12.1 Å². The number of urea groups is 2. The lowest BCUT2D eigenvalue weighted by molar-refractivity contribution is -0.138. The molecule has 6 fully saturated rings. The number of hydrogen-bond donors (Lipinski definition) is 10. The van der Waals surface area contributed by atoms with Gasteiger partial charge in [0.1, 0.15) is 35.4 Å². The van der Waals surface area contributed by atoms with E-state index in [0.29, 0.717) is 67.6 Å². The number of amides is 6. The Hall–Kier alpha value is -7.19. The summed E-state index contributed by atoms with van der Waals surface area (Å²) in [6.45, 7) is 2.78. The van der Waals surface area contributed by atoms with E-state index in [1.807, 2.05) is 27.5 Å². The van der Waals surface area contributed by atoms with Crippen molar-refractivity contribution in [1.82, 2.24) is 59.5 Å². The second-order valence-electron chi connectivity index (χ2n) is 21.5. The second kappa shape index (κ2) is 27.0. The van der Waals surface area contributed by atoms with Crippen LogP contribution in [0.25, 0.3) is 22.3 Å². The number of carbonyl (C=O) groups is 4. The van der Waals surface area contributed by atoms with Gasteiger partial charge < -0.3 is 72.4 Å². The van der Waals surface area contributed by atoms with Crippen molar-refractivity contribution in [3.63, 3.8) is 0 Å². The van der Waals surface area contributed by atoms with Gasteiger partial charge in [0.15, 0.2) is 51.4 Å². The van der Waals surface area contributed by atoms with Gasteiger partial charge in [-0.1, -0.05) is 29.1 Å². The Bertz CT molecular complexity index is 3500. The molecule has 4 aromatic heterocycles. The minimum atomic E-state index is -1.42. The van der Waals surface area contributed by atoms with Crippen molar-refractivity contribution in [2.24, 2.45) is 11.8 Å². The van der Waals surface area contributed by atoms with E-state index in [2.05, 4.69) is 68.9 Å². The Balaban J connectivity index is 0.000000157. The number of anilines is 4. The van der Waals surface area contributed by atoms with Crippen LogP contribution in [0.5, 0.6) is 0 Å². The number of benzene rings is 2. The summed E-state index contributed by atoms with van der Waals surface area (Å²) in [7, 11) is 0. The van der Waals surface area contributed by atoms with E-state index < -0.39 is 60.9 Å². The Labute approximate surface area is 511 Å². The van der Waals surface area contributed by atoms with Gasteiger partial charge in [0.25, 0.3) is 11.8 Å². The number of nitrogens with zero attached hydrogens (tertiary/aromatic N) is 10. The fourth-order valence-corrected chi connectivity index (χ4v) is 10.8. The lowest BCUT2D eigenvalue weighted by Gasteiger charge is -2.31. The normalized spacial score (nSPS) is 24.0. The number of imidazole rings is 2. The van der Waals surface area contributed by atoms with Crippen molar-refractivity contribution in [3.8, 4) is 24.2 Å².